The van der Waals surface area contributed by atoms with E-state index in [-0.39, 0.29) is 12.1 Å². The van der Waals surface area contributed by atoms with Gasteiger partial charge in [-0.1, -0.05) is 12.1 Å². The van der Waals surface area contributed by atoms with Crippen molar-refractivity contribution in [1.29, 1.82) is 0 Å². The molecule has 1 aromatic heterocycles. The second-order valence-electron chi connectivity index (χ2n) is 8.22. The van der Waals surface area contributed by atoms with Gasteiger partial charge in [0.05, 0.1) is 32.5 Å². The van der Waals surface area contributed by atoms with Gasteiger partial charge < -0.3 is 19.7 Å². The van der Waals surface area contributed by atoms with Crippen molar-refractivity contribution in [2.75, 3.05) is 53.5 Å². The molecule has 2 atom stereocenters. The van der Waals surface area contributed by atoms with Crippen LogP contribution >= 0.6 is 0 Å². The van der Waals surface area contributed by atoms with E-state index in [0.717, 1.165) is 50.0 Å². The molecule has 2 aliphatic heterocycles. The molecule has 2 saturated heterocycles. The Morgan fingerprint density at radius 1 is 1.32 bits per heavy atom. The summed E-state index contributed by atoms with van der Waals surface area (Å²) in [5, 5.41) is 7.94. The van der Waals surface area contributed by atoms with Gasteiger partial charge in [0.2, 0.25) is 0 Å². The second-order valence-corrected chi connectivity index (χ2v) is 8.22. The molecular weight excluding hydrogens is 392 g/mol. The van der Waals surface area contributed by atoms with Gasteiger partial charge in [-0.2, -0.15) is 5.10 Å². The van der Waals surface area contributed by atoms with Gasteiger partial charge in [0.25, 0.3) is 0 Å². The van der Waals surface area contributed by atoms with Crippen molar-refractivity contribution < 1.29 is 9.47 Å². The summed E-state index contributed by atoms with van der Waals surface area (Å²) in [7, 11) is 5.51. The van der Waals surface area contributed by atoms with Crippen LogP contribution in [0.15, 0.2) is 41.7 Å². The molecular formula is C23H34N6O2. The Balaban J connectivity index is 1.44. The number of nitrogens with one attached hydrogen (secondary N) is 1. The molecule has 0 amide bonds. The average Bonchev–Trinajstić information content (AvgIpc) is 3.49. The molecule has 31 heavy (non-hydrogen) atoms. The van der Waals surface area contributed by atoms with Crippen molar-refractivity contribution in [3.8, 4) is 5.75 Å². The number of aromatic nitrogens is 2. The number of morpholine rings is 1. The number of nitrogens with zero attached hydrogens (tertiary/aromatic N) is 5. The van der Waals surface area contributed by atoms with Crippen LogP contribution in [0.25, 0.3) is 0 Å². The molecule has 2 fully saturated rings. The topological polar surface area (TPSA) is 67.2 Å². The van der Waals surface area contributed by atoms with E-state index in [2.05, 4.69) is 43.4 Å². The van der Waals surface area contributed by atoms with E-state index in [1.165, 1.54) is 18.4 Å². The fourth-order valence-electron chi connectivity index (χ4n) is 4.53. The highest BCUT2D eigenvalue weighted by molar-refractivity contribution is 5.80. The maximum absolute atomic E-state index is 6.00. The Morgan fingerprint density at radius 2 is 2.16 bits per heavy atom. The van der Waals surface area contributed by atoms with Crippen LogP contribution in [0.5, 0.6) is 5.75 Å². The van der Waals surface area contributed by atoms with E-state index in [4.69, 9.17) is 9.47 Å². The first-order chi connectivity index (χ1) is 15.2. The molecule has 3 heterocycles. The fraction of sp³-hybridized carbons (Fsp3) is 0.565. The fourth-order valence-corrected chi connectivity index (χ4v) is 4.53. The number of guanidine groups is 1. The molecule has 8 nitrogen and oxygen atoms in total. The van der Waals surface area contributed by atoms with Crippen LogP contribution in [0.4, 0.5) is 0 Å². The van der Waals surface area contributed by atoms with Gasteiger partial charge in [-0.15, -0.1) is 0 Å². The third kappa shape index (κ3) is 5.19. The Kier molecular flexibility index (Phi) is 7.09. The highest BCUT2D eigenvalue weighted by Gasteiger charge is 2.27. The Morgan fingerprint density at radius 3 is 2.87 bits per heavy atom. The predicted molar refractivity (Wildman–Crippen MR) is 121 cm³/mol. The summed E-state index contributed by atoms with van der Waals surface area (Å²) in [6.45, 7) is 5.31. The van der Waals surface area contributed by atoms with Gasteiger partial charge >= 0.3 is 0 Å². The SMILES string of the molecule is CN=C(NCC(c1cccc(OC)c1)N1CCCC1)N1CCOC(c2cnn(C)c2)C1. The van der Waals surface area contributed by atoms with Gasteiger partial charge in [-0.25, -0.2) is 0 Å². The predicted octanol–water partition coefficient (Wildman–Crippen LogP) is 2.21. The smallest absolute Gasteiger partial charge is 0.193 e. The third-order valence-electron chi connectivity index (χ3n) is 6.19. The molecule has 2 unspecified atom stereocenters. The van der Waals surface area contributed by atoms with E-state index in [9.17, 15) is 0 Å². The number of benzene rings is 1. The van der Waals surface area contributed by atoms with Gasteiger partial charge in [0, 0.05) is 38.9 Å². The summed E-state index contributed by atoms with van der Waals surface area (Å²) in [4.78, 5) is 9.43. The number of aliphatic imine (C=N–C) groups is 1. The summed E-state index contributed by atoms with van der Waals surface area (Å²) in [5.41, 5.74) is 2.38. The van der Waals surface area contributed by atoms with Gasteiger partial charge in [0.1, 0.15) is 11.9 Å². The minimum absolute atomic E-state index is 0.00811. The van der Waals surface area contributed by atoms with Crippen LogP contribution in [-0.2, 0) is 11.8 Å². The molecule has 0 radical (unpaired) electrons. The van der Waals surface area contributed by atoms with Gasteiger partial charge in [-0.05, 0) is 43.6 Å². The quantitative estimate of drug-likeness (QED) is 0.564. The number of methoxy groups -OCH3 is 1. The third-order valence-corrected chi connectivity index (χ3v) is 6.19. The van der Waals surface area contributed by atoms with Gasteiger partial charge in [-0.3, -0.25) is 14.6 Å². The Hall–Kier alpha value is -2.58. The molecule has 1 aromatic carbocycles. The van der Waals surface area contributed by atoms with Crippen molar-refractivity contribution in [1.82, 2.24) is 24.9 Å². The van der Waals surface area contributed by atoms with Crippen molar-refractivity contribution in [2.24, 2.45) is 12.0 Å². The zero-order chi connectivity index (χ0) is 21.6. The molecule has 4 rings (SSSR count). The van der Waals surface area contributed by atoms with Crippen LogP contribution in [0.3, 0.4) is 0 Å². The second kappa shape index (κ2) is 10.2. The summed E-state index contributed by atoms with van der Waals surface area (Å²) < 4.78 is 13.3. The summed E-state index contributed by atoms with van der Waals surface area (Å²) in [6, 6.07) is 8.71. The number of aryl methyl sites for hydroxylation is 1. The number of hydrogen-bond acceptors (Lipinski definition) is 5. The minimum Gasteiger partial charge on any atom is -0.497 e. The van der Waals surface area contributed by atoms with E-state index in [0.29, 0.717) is 6.61 Å². The van der Waals surface area contributed by atoms with Crippen molar-refractivity contribution in [3.63, 3.8) is 0 Å². The lowest BCUT2D eigenvalue weighted by atomic mass is 10.0. The zero-order valence-corrected chi connectivity index (χ0v) is 18.8. The first-order valence-corrected chi connectivity index (χ1v) is 11.1. The molecule has 0 spiro atoms. The van der Waals surface area contributed by atoms with Crippen LogP contribution < -0.4 is 10.1 Å². The maximum atomic E-state index is 6.00. The van der Waals surface area contributed by atoms with Crippen molar-refractivity contribution >= 4 is 5.96 Å². The van der Waals surface area contributed by atoms with E-state index in [1.807, 2.05) is 37.2 Å². The average molecular weight is 427 g/mol. The molecule has 168 valence electrons. The summed E-state index contributed by atoms with van der Waals surface area (Å²) in [5.74, 6) is 1.82. The van der Waals surface area contributed by atoms with Gasteiger partial charge in [0.15, 0.2) is 5.96 Å². The Labute approximate surface area is 184 Å². The van der Waals surface area contributed by atoms with Crippen LogP contribution in [0.2, 0.25) is 0 Å². The normalized spacial score (nSPS) is 21.3. The molecule has 0 bridgehead atoms. The standard InChI is InChI=1S/C23H34N6O2/c1-24-23(29-11-12-31-22(17-29)19-14-26-27(2)16-19)25-15-21(28-9-4-5-10-28)18-7-6-8-20(13-18)30-3/h6-8,13-14,16,21-22H,4-5,9-12,15,17H2,1-3H3,(H,24,25). The number of ether oxygens (including phenoxy) is 2. The van der Waals surface area contributed by atoms with Crippen LogP contribution in [0, 0.1) is 0 Å². The molecule has 0 aliphatic carbocycles. The monoisotopic (exact) mass is 426 g/mol. The minimum atomic E-state index is 0.00811. The van der Waals surface area contributed by atoms with E-state index < -0.39 is 0 Å². The largest absolute Gasteiger partial charge is 0.497 e. The first-order valence-electron chi connectivity index (χ1n) is 11.1. The molecule has 2 aromatic rings. The molecule has 1 N–H and O–H groups in total. The van der Waals surface area contributed by atoms with E-state index in [1.54, 1.807) is 7.11 Å². The van der Waals surface area contributed by atoms with Crippen LogP contribution in [-0.4, -0.2) is 79.0 Å². The maximum Gasteiger partial charge on any atom is 0.193 e. The Bertz CT molecular complexity index is 876. The molecule has 0 saturated carbocycles. The number of likely N-dealkylation sites (tertiary alicyclic amines) is 1. The number of hydrogen-bond donors (Lipinski definition) is 1. The highest BCUT2D eigenvalue weighted by Crippen LogP contribution is 2.27. The lowest BCUT2D eigenvalue weighted by Gasteiger charge is -2.36. The van der Waals surface area contributed by atoms with Crippen molar-refractivity contribution in [3.05, 3.63) is 47.8 Å². The van der Waals surface area contributed by atoms with Crippen molar-refractivity contribution in [2.45, 2.75) is 25.0 Å². The lowest BCUT2D eigenvalue weighted by molar-refractivity contribution is -0.00812. The summed E-state index contributed by atoms with van der Waals surface area (Å²) >= 11 is 0. The lowest BCUT2D eigenvalue weighted by Crippen LogP contribution is -2.49. The summed E-state index contributed by atoms with van der Waals surface area (Å²) in [6.07, 6.45) is 6.43. The van der Waals surface area contributed by atoms with E-state index >= 15 is 0 Å². The highest BCUT2D eigenvalue weighted by atomic mass is 16.5. The zero-order valence-electron chi connectivity index (χ0n) is 18.8. The number of rotatable bonds is 6. The van der Waals surface area contributed by atoms with Crippen LogP contribution in [0.1, 0.15) is 36.1 Å². The first kappa shape index (κ1) is 21.6. The molecule has 8 heteroatoms. The molecule has 2 aliphatic rings.